The molecule has 22 heavy (non-hydrogen) atoms. The number of hydrogen-bond donors (Lipinski definition) is 2. The molecule has 0 radical (unpaired) electrons. The monoisotopic (exact) mass is 294 g/mol. The van der Waals surface area contributed by atoms with E-state index in [0.29, 0.717) is 11.7 Å². The summed E-state index contributed by atoms with van der Waals surface area (Å²) in [6, 6.07) is 9.57. The molecule has 3 aromatic rings. The fourth-order valence-electron chi connectivity index (χ4n) is 3.27. The number of phenolic OH excluding ortho intramolecular Hbond substituents is 1. The van der Waals surface area contributed by atoms with Crippen molar-refractivity contribution in [2.45, 2.75) is 12.8 Å². The topological polar surface area (TPSA) is 65.0 Å². The summed E-state index contributed by atoms with van der Waals surface area (Å²) in [5, 5.41) is 10.5. The molecule has 3 heterocycles. The molecule has 1 aliphatic rings. The second-order valence-electron chi connectivity index (χ2n) is 5.91. The molecule has 1 atom stereocenters. The highest BCUT2D eigenvalue weighted by Gasteiger charge is 2.25. The van der Waals surface area contributed by atoms with Gasteiger partial charge in [-0.05, 0) is 42.5 Å². The van der Waals surface area contributed by atoms with Crippen LogP contribution in [0.1, 0.15) is 12.0 Å². The number of aromatic amines is 1. The first-order valence-electron chi connectivity index (χ1n) is 7.60. The molecule has 2 aromatic heterocycles. The van der Waals surface area contributed by atoms with Crippen LogP contribution >= 0.6 is 0 Å². The third-order valence-electron chi connectivity index (χ3n) is 4.38. The predicted octanol–water partition coefficient (Wildman–Crippen LogP) is 2.73. The Morgan fingerprint density at radius 3 is 2.91 bits per heavy atom. The average Bonchev–Trinajstić information content (AvgIpc) is 3.18. The fourth-order valence-corrected chi connectivity index (χ4v) is 3.27. The number of H-pyrrole nitrogens is 1. The SMILES string of the molecule is Oc1ccc(CC2CCN(c3ncnc4[nH]ccc34)C2)cc1. The summed E-state index contributed by atoms with van der Waals surface area (Å²) < 4.78 is 0. The second-order valence-corrected chi connectivity index (χ2v) is 5.91. The summed E-state index contributed by atoms with van der Waals surface area (Å²) in [4.78, 5) is 14.2. The molecule has 5 nitrogen and oxygen atoms in total. The van der Waals surface area contributed by atoms with Crippen LogP contribution in [-0.2, 0) is 6.42 Å². The van der Waals surface area contributed by atoms with E-state index in [4.69, 9.17) is 0 Å². The molecule has 1 aliphatic heterocycles. The Balaban J connectivity index is 1.50. The van der Waals surface area contributed by atoms with Gasteiger partial charge in [-0.25, -0.2) is 9.97 Å². The van der Waals surface area contributed by atoms with Crippen LogP contribution in [0.15, 0.2) is 42.9 Å². The first kappa shape index (κ1) is 13.1. The summed E-state index contributed by atoms with van der Waals surface area (Å²) in [5.41, 5.74) is 2.17. The average molecular weight is 294 g/mol. The largest absolute Gasteiger partial charge is 0.508 e. The van der Waals surface area contributed by atoms with Crippen LogP contribution < -0.4 is 4.90 Å². The van der Waals surface area contributed by atoms with Gasteiger partial charge in [-0.15, -0.1) is 0 Å². The van der Waals surface area contributed by atoms with Gasteiger partial charge in [-0.3, -0.25) is 0 Å². The highest BCUT2D eigenvalue weighted by molar-refractivity contribution is 5.87. The van der Waals surface area contributed by atoms with Crippen molar-refractivity contribution in [1.82, 2.24) is 15.0 Å². The van der Waals surface area contributed by atoms with Gasteiger partial charge >= 0.3 is 0 Å². The van der Waals surface area contributed by atoms with Gasteiger partial charge in [-0.2, -0.15) is 0 Å². The minimum absolute atomic E-state index is 0.327. The van der Waals surface area contributed by atoms with E-state index in [-0.39, 0.29) is 0 Å². The number of nitrogens with one attached hydrogen (secondary N) is 1. The Morgan fingerprint density at radius 1 is 1.18 bits per heavy atom. The minimum atomic E-state index is 0.327. The van der Waals surface area contributed by atoms with Crippen molar-refractivity contribution in [1.29, 1.82) is 0 Å². The Bertz CT molecular complexity index is 781. The van der Waals surface area contributed by atoms with Crippen molar-refractivity contribution in [2.24, 2.45) is 5.92 Å². The van der Waals surface area contributed by atoms with Gasteiger partial charge in [0, 0.05) is 19.3 Å². The molecule has 1 aromatic carbocycles. The molecule has 0 aliphatic carbocycles. The van der Waals surface area contributed by atoms with Crippen LogP contribution in [-0.4, -0.2) is 33.1 Å². The summed E-state index contributed by atoms with van der Waals surface area (Å²) >= 11 is 0. The maximum atomic E-state index is 9.36. The normalized spacial score (nSPS) is 18.2. The minimum Gasteiger partial charge on any atom is -0.508 e. The second kappa shape index (κ2) is 5.33. The summed E-state index contributed by atoms with van der Waals surface area (Å²) in [6.07, 6.45) is 5.74. The van der Waals surface area contributed by atoms with Gasteiger partial charge in [0.05, 0.1) is 5.39 Å². The van der Waals surface area contributed by atoms with Gasteiger partial charge in [0.2, 0.25) is 0 Å². The number of aromatic hydroxyl groups is 1. The van der Waals surface area contributed by atoms with Gasteiger partial charge in [-0.1, -0.05) is 12.1 Å². The smallest absolute Gasteiger partial charge is 0.142 e. The lowest BCUT2D eigenvalue weighted by Gasteiger charge is -2.18. The van der Waals surface area contributed by atoms with E-state index in [2.05, 4.69) is 19.9 Å². The van der Waals surface area contributed by atoms with Gasteiger partial charge < -0.3 is 15.0 Å². The first-order chi connectivity index (χ1) is 10.8. The highest BCUT2D eigenvalue weighted by Crippen LogP contribution is 2.29. The number of benzene rings is 1. The van der Waals surface area contributed by atoms with Crippen LogP contribution in [0.5, 0.6) is 5.75 Å². The van der Waals surface area contributed by atoms with Crippen LogP contribution in [0.2, 0.25) is 0 Å². The molecule has 0 amide bonds. The van der Waals surface area contributed by atoms with E-state index in [9.17, 15) is 5.11 Å². The van der Waals surface area contributed by atoms with Crippen molar-refractivity contribution in [3.05, 3.63) is 48.4 Å². The highest BCUT2D eigenvalue weighted by atomic mass is 16.3. The third kappa shape index (κ3) is 2.39. The molecule has 1 unspecified atom stereocenters. The molecule has 5 heteroatoms. The van der Waals surface area contributed by atoms with Gasteiger partial charge in [0.1, 0.15) is 23.5 Å². The lowest BCUT2D eigenvalue weighted by Crippen LogP contribution is -2.21. The Kier molecular flexibility index (Phi) is 3.18. The van der Waals surface area contributed by atoms with E-state index in [1.54, 1.807) is 18.5 Å². The third-order valence-corrected chi connectivity index (χ3v) is 4.38. The number of nitrogens with zero attached hydrogens (tertiary/aromatic N) is 3. The summed E-state index contributed by atoms with van der Waals surface area (Å²) in [5.74, 6) is 1.97. The molecule has 0 spiro atoms. The lowest BCUT2D eigenvalue weighted by molar-refractivity contribution is 0.474. The van der Waals surface area contributed by atoms with E-state index >= 15 is 0 Å². The van der Waals surface area contributed by atoms with Gasteiger partial charge in [0.25, 0.3) is 0 Å². The number of hydrogen-bond acceptors (Lipinski definition) is 4. The maximum Gasteiger partial charge on any atom is 0.142 e. The molecule has 4 rings (SSSR count). The zero-order chi connectivity index (χ0) is 14.9. The van der Waals surface area contributed by atoms with Crippen molar-refractivity contribution in [3.8, 4) is 5.75 Å². The Hall–Kier alpha value is -2.56. The van der Waals surface area contributed by atoms with Crippen LogP contribution in [0.4, 0.5) is 5.82 Å². The van der Waals surface area contributed by atoms with E-state index in [0.717, 1.165) is 42.8 Å². The maximum absolute atomic E-state index is 9.36. The molecule has 0 bridgehead atoms. The quantitative estimate of drug-likeness (QED) is 0.779. The Morgan fingerprint density at radius 2 is 2.05 bits per heavy atom. The zero-order valence-electron chi connectivity index (χ0n) is 12.2. The van der Waals surface area contributed by atoms with Crippen molar-refractivity contribution in [2.75, 3.05) is 18.0 Å². The molecule has 1 fully saturated rings. The van der Waals surface area contributed by atoms with Crippen molar-refractivity contribution in [3.63, 3.8) is 0 Å². The van der Waals surface area contributed by atoms with Gasteiger partial charge in [0.15, 0.2) is 0 Å². The number of phenols is 1. The summed E-state index contributed by atoms with van der Waals surface area (Å²) in [7, 11) is 0. The molecular formula is C17H18N4O. The van der Waals surface area contributed by atoms with Crippen molar-refractivity contribution < 1.29 is 5.11 Å². The Labute approximate surface area is 128 Å². The van der Waals surface area contributed by atoms with Crippen LogP contribution in [0, 0.1) is 5.92 Å². The number of aromatic nitrogens is 3. The molecule has 1 saturated heterocycles. The van der Waals surface area contributed by atoms with E-state index in [1.165, 1.54) is 5.56 Å². The number of rotatable bonds is 3. The molecule has 2 N–H and O–H groups in total. The molecule has 112 valence electrons. The first-order valence-corrected chi connectivity index (χ1v) is 7.60. The molecule has 0 saturated carbocycles. The fraction of sp³-hybridized carbons (Fsp3) is 0.294. The van der Waals surface area contributed by atoms with Crippen LogP contribution in [0.25, 0.3) is 11.0 Å². The van der Waals surface area contributed by atoms with E-state index < -0.39 is 0 Å². The number of fused-ring (bicyclic) bond motifs is 1. The van der Waals surface area contributed by atoms with Crippen molar-refractivity contribution >= 4 is 16.9 Å². The zero-order valence-corrected chi connectivity index (χ0v) is 12.2. The standard InChI is InChI=1S/C17H18N4O/c22-14-3-1-12(2-4-14)9-13-6-8-21(10-13)17-15-5-7-18-16(15)19-11-20-17/h1-5,7,11,13,22H,6,8-10H2,(H,18,19,20). The van der Waals surface area contributed by atoms with Crippen LogP contribution in [0.3, 0.4) is 0 Å². The van der Waals surface area contributed by atoms with E-state index in [1.807, 2.05) is 24.4 Å². The number of anilines is 1. The summed E-state index contributed by atoms with van der Waals surface area (Å²) in [6.45, 7) is 2.04. The predicted molar refractivity (Wildman–Crippen MR) is 86.0 cm³/mol. The molecular weight excluding hydrogens is 276 g/mol. The lowest BCUT2D eigenvalue weighted by atomic mass is 9.99.